The largest absolute Gasteiger partial charge is 0.477 e. The first kappa shape index (κ1) is 18.6. The van der Waals surface area contributed by atoms with E-state index in [4.69, 9.17) is 0 Å². The van der Waals surface area contributed by atoms with Crippen molar-refractivity contribution >= 4 is 38.4 Å². The summed E-state index contributed by atoms with van der Waals surface area (Å²) in [6.45, 7) is 4.03. The Kier molecular flexibility index (Phi) is 4.22. The SMILES string of the molecule is CC(C)c1c(-c2cc(F)cc3[nH]ccc23)[nH]c(C(=O)O)c1-c1cccc2ncsc12. The average molecular weight is 419 g/mol. The van der Waals surface area contributed by atoms with Crippen molar-refractivity contribution < 1.29 is 14.3 Å². The van der Waals surface area contributed by atoms with Crippen LogP contribution in [0.2, 0.25) is 0 Å². The average Bonchev–Trinajstić information content (AvgIpc) is 3.43. The summed E-state index contributed by atoms with van der Waals surface area (Å²) < 4.78 is 15.3. The van der Waals surface area contributed by atoms with Crippen LogP contribution < -0.4 is 0 Å². The van der Waals surface area contributed by atoms with Crippen LogP contribution in [0.1, 0.15) is 35.8 Å². The predicted octanol–water partition coefficient (Wildman–Crippen LogP) is 6.40. The number of thiazole rings is 1. The Hall–Kier alpha value is -3.45. The molecule has 0 atom stereocenters. The van der Waals surface area contributed by atoms with Gasteiger partial charge in [0.1, 0.15) is 11.5 Å². The maximum Gasteiger partial charge on any atom is 0.352 e. The molecule has 0 aliphatic rings. The summed E-state index contributed by atoms with van der Waals surface area (Å²) in [5.41, 5.74) is 6.91. The smallest absolute Gasteiger partial charge is 0.352 e. The summed E-state index contributed by atoms with van der Waals surface area (Å²) >= 11 is 1.48. The van der Waals surface area contributed by atoms with Crippen LogP contribution in [0.5, 0.6) is 0 Å². The highest BCUT2D eigenvalue weighted by Gasteiger charge is 2.28. The lowest BCUT2D eigenvalue weighted by atomic mass is 9.90. The van der Waals surface area contributed by atoms with Gasteiger partial charge in [-0.05, 0) is 35.7 Å². The normalized spacial score (nSPS) is 11.7. The van der Waals surface area contributed by atoms with E-state index >= 15 is 0 Å². The molecular formula is C23H18FN3O2S. The zero-order valence-corrected chi connectivity index (χ0v) is 17.1. The van der Waals surface area contributed by atoms with Crippen molar-refractivity contribution in [3.8, 4) is 22.4 Å². The van der Waals surface area contributed by atoms with Gasteiger partial charge in [-0.2, -0.15) is 0 Å². The standard InChI is InChI=1S/C23H18FN3O2S/c1-11(2)18-19(14-4-3-5-16-22(14)30-10-26-16)21(23(28)29)27-20(18)15-8-12(24)9-17-13(15)6-7-25-17/h3-11,25,27H,1-2H3,(H,28,29). The quantitative estimate of drug-likeness (QED) is 0.315. The molecule has 3 aromatic heterocycles. The maximum absolute atomic E-state index is 14.4. The number of halogens is 1. The monoisotopic (exact) mass is 419 g/mol. The molecule has 0 amide bonds. The minimum absolute atomic E-state index is 0.000197. The van der Waals surface area contributed by atoms with Crippen molar-refractivity contribution in [1.29, 1.82) is 0 Å². The van der Waals surface area contributed by atoms with E-state index in [0.29, 0.717) is 22.3 Å². The number of benzene rings is 2. The molecule has 0 bridgehead atoms. The van der Waals surface area contributed by atoms with Crippen molar-refractivity contribution in [1.82, 2.24) is 15.0 Å². The fourth-order valence-corrected chi connectivity index (χ4v) is 4.98. The van der Waals surface area contributed by atoms with Crippen LogP contribution in [0, 0.1) is 5.82 Å². The molecule has 0 saturated carbocycles. The molecule has 0 saturated heterocycles. The molecule has 0 radical (unpaired) electrons. The predicted molar refractivity (Wildman–Crippen MR) is 118 cm³/mol. The number of carbonyl (C=O) groups is 1. The van der Waals surface area contributed by atoms with Crippen LogP contribution in [0.25, 0.3) is 43.5 Å². The lowest BCUT2D eigenvalue weighted by Gasteiger charge is -2.13. The van der Waals surface area contributed by atoms with Gasteiger partial charge >= 0.3 is 5.97 Å². The van der Waals surface area contributed by atoms with E-state index in [9.17, 15) is 14.3 Å². The van der Waals surface area contributed by atoms with Gasteiger partial charge in [0.05, 0.1) is 21.4 Å². The summed E-state index contributed by atoms with van der Waals surface area (Å²) in [5.74, 6) is -1.44. The highest BCUT2D eigenvalue weighted by atomic mass is 32.1. The van der Waals surface area contributed by atoms with Gasteiger partial charge in [-0.1, -0.05) is 26.0 Å². The van der Waals surface area contributed by atoms with E-state index in [1.807, 2.05) is 38.1 Å². The van der Waals surface area contributed by atoms with Crippen LogP contribution >= 0.6 is 11.3 Å². The zero-order chi connectivity index (χ0) is 21.0. The van der Waals surface area contributed by atoms with E-state index in [0.717, 1.165) is 26.7 Å². The number of fused-ring (bicyclic) bond motifs is 2. The second kappa shape index (κ2) is 6.81. The van der Waals surface area contributed by atoms with Gasteiger partial charge in [0.2, 0.25) is 0 Å². The first-order valence-electron chi connectivity index (χ1n) is 9.54. The number of aromatic amines is 2. The van der Waals surface area contributed by atoms with E-state index in [1.165, 1.54) is 23.5 Å². The number of hydrogen-bond donors (Lipinski definition) is 3. The Morgan fingerprint density at radius 3 is 2.80 bits per heavy atom. The molecule has 3 heterocycles. The van der Waals surface area contributed by atoms with Crippen molar-refractivity contribution in [2.24, 2.45) is 0 Å². The molecule has 5 rings (SSSR count). The Labute approximate surface area is 175 Å². The van der Waals surface area contributed by atoms with Gasteiger partial charge in [-0.3, -0.25) is 0 Å². The third-order valence-electron chi connectivity index (χ3n) is 5.36. The zero-order valence-electron chi connectivity index (χ0n) is 16.3. The molecule has 0 aliphatic heterocycles. The van der Waals surface area contributed by atoms with Gasteiger partial charge in [-0.25, -0.2) is 14.2 Å². The number of hydrogen-bond acceptors (Lipinski definition) is 3. The first-order valence-corrected chi connectivity index (χ1v) is 10.4. The third-order valence-corrected chi connectivity index (χ3v) is 6.23. The summed E-state index contributed by atoms with van der Waals surface area (Å²) in [6, 6.07) is 10.5. The molecule has 2 aromatic carbocycles. The van der Waals surface area contributed by atoms with E-state index in [1.54, 1.807) is 11.7 Å². The van der Waals surface area contributed by atoms with Crippen LogP contribution in [-0.4, -0.2) is 26.0 Å². The van der Waals surface area contributed by atoms with Gasteiger partial charge in [0, 0.05) is 33.8 Å². The van der Waals surface area contributed by atoms with Crippen molar-refractivity contribution in [2.45, 2.75) is 19.8 Å². The third kappa shape index (κ3) is 2.74. The van der Waals surface area contributed by atoms with E-state index in [2.05, 4.69) is 15.0 Å². The molecule has 0 unspecified atom stereocenters. The number of nitrogens with one attached hydrogen (secondary N) is 2. The van der Waals surface area contributed by atoms with Crippen LogP contribution in [0.15, 0.2) is 48.1 Å². The molecule has 0 aliphatic carbocycles. The lowest BCUT2D eigenvalue weighted by molar-refractivity contribution is 0.0692. The topological polar surface area (TPSA) is 81.8 Å². The number of carboxylic acid groups (broad SMARTS) is 1. The minimum atomic E-state index is -1.05. The van der Waals surface area contributed by atoms with Crippen LogP contribution in [0.4, 0.5) is 4.39 Å². The highest BCUT2D eigenvalue weighted by Crippen LogP contribution is 2.44. The van der Waals surface area contributed by atoms with Crippen LogP contribution in [-0.2, 0) is 0 Å². The fourth-order valence-electron chi connectivity index (χ4n) is 4.17. The second-order valence-electron chi connectivity index (χ2n) is 7.52. The molecule has 7 heteroatoms. The number of nitrogens with zero attached hydrogens (tertiary/aromatic N) is 1. The Morgan fingerprint density at radius 2 is 2.03 bits per heavy atom. The molecule has 0 spiro atoms. The van der Waals surface area contributed by atoms with Gasteiger partial charge in [0.15, 0.2) is 0 Å². The molecule has 3 N–H and O–H groups in total. The van der Waals surface area contributed by atoms with E-state index in [-0.39, 0.29) is 17.4 Å². The molecule has 0 fully saturated rings. The number of aromatic nitrogens is 3. The molecular weight excluding hydrogens is 401 g/mol. The van der Waals surface area contributed by atoms with Crippen molar-refractivity contribution in [2.75, 3.05) is 0 Å². The lowest BCUT2D eigenvalue weighted by Crippen LogP contribution is -2.00. The number of aromatic carboxylic acids is 1. The van der Waals surface area contributed by atoms with Crippen molar-refractivity contribution in [3.05, 3.63) is 65.2 Å². The van der Waals surface area contributed by atoms with Gasteiger partial charge in [-0.15, -0.1) is 11.3 Å². The minimum Gasteiger partial charge on any atom is -0.477 e. The Balaban J connectivity index is 1.91. The summed E-state index contributed by atoms with van der Waals surface area (Å²) in [6.07, 6.45) is 1.75. The fraction of sp³-hybridized carbons (Fsp3) is 0.130. The van der Waals surface area contributed by atoms with E-state index < -0.39 is 5.97 Å². The number of carboxylic acids is 1. The molecule has 150 valence electrons. The number of H-pyrrole nitrogens is 2. The molecule has 5 nitrogen and oxygen atoms in total. The molecule has 30 heavy (non-hydrogen) atoms. The number of rotatable bonds is 4. The van der Waals surface area contributed by atoms with Crippen molar-refractivity contribution in [3.63, 3.8) is 0 Å². The maximum atomic E-state index is 14.4. The summed E-state index contributed by atoms with van der Waals surface area (Å²) in [4.78, 5) is 22.8. The summed E-state index contributed by atoms with van der Waals surface area (Å²) in [7, 11) is 0. The molecule has 5 aromatic rings. The van der Waals surface area contributed by atoms with Crippen LogP contribution in [0.3, 0.4) is 0 Å². The highest BCUT2D eigenvalue weighted by molar-refractivity contribution is 7.17. The Morgan fingerprint density at radius 1 is 1.20 bits per heavy atom. The summed E-state index contributed by atoms with van der Waals surface area (Å²) in [5, 5.41) is 10.9. The first-order chi connectivity index (χ1) is 14.5. The second-order valence-corrected chi connectivity index (χ2v) is 8.38. The van der Waals surface area contributed by atoms with Gasteiger partial charge in [0.25, 0.3) is 0 Å². The Bertz CT molecular complexity index is 1430. The van der Waals surface area contributed by atoms with Gasteiger partial charge < -0.3 is 15.1 Å².